The number of nitrogens with one attached hydrogen (secondary N) is 1. The Hall–Kier alpha value is -1.66. The molecule has 1 unspecified atom stereocenters. The van der Waals surface area contributed by atoms with Crippen LogP contribution in [0.15, 0.2) is 23.4 Å². The van der Waals surface area contributed by atoms with E-state index in [9.17, 15) is 4.39 Å². The first-order valence-corrected chi connectivity index (χ1v) is 6.29. The molecule has 0 aliphatic carbocycles. The molecule has 19 heavy (non-hydrogen) atoms. The van der Waals surface area contributed by atoms with Gasteiger partial charge in [-0.3, -0.25) is 0 Å². The summed E-state index contributed by atoms with van der Waals surface area (Å²) in [6, 6.07) is 4.25. The fourth-order valence-corrected chi connectivity index (χ4v) is 2.17. The van der Waals surface area contributed by atoms with Crippen LogP contribution in [0.3, 0.4) is 0 Å². The molecule has 0 spiro atoms. The van der Waals surface area contributed by atoms with Crippen molar-refractivity contribution in [1.82, 2.24) is 5.32 Å². The van der Waals surface area contributed by atoms with Gasteiger partial charge in [-0.05, 0) is 30.5 Å². The third kappa shape index (κ3) is 3.65. The van der Waals surface area contributed by atoms with Crippen molar-refractivity contribution >= 4 is 5.84 Å². The van der Waals surface area contributed by atoms with Crippen LogP contribution in [0.25, 0.3) is 0 Å². The molecule has 4 N–H and O–H groups in total. The summed E-state index contributed by atoms with van der Waals surface area (Å²) in [6.07, 6.45) is 2.40. The van der Waals surface area contributed by atoms with Crippen LogP contribution >= 0.6 is 0 Å². The van der Waals surface area contributed by atoms with Gasteiger partial charge in [-0.15, -0.1) is 0 Å². The van der Waals surface area contributed by atoms with E-state index in [0.29, 0.717) is 12.1 Å². The maximum atomic E-state index is 13.2. The highest BCUT2D eigenvalue weighted by atomic mass is 19.1. The van der Waals surface area contributed by atoms with Crippen molar-refractivity contribution < 1.29 is 14.3 Å². The van der Waals surface area contributed by atoms with Gasteiger partial charge in [-0.2, -0.15) is 0 Å². The van der Waals surface area contributed by atoms with E-state index in [2.05, 4.69) is 10.5 Å². The van der Waals surface area contributed by atoms with Crippen LogP contribution in [0.5, 0.6) is 0 Å². The van der Waals surface area contributed by atoms with Gasteiger partial charge in [0, 0.05) is 25.3 Å². The van der Waals surface area contributed by atoms with Crippen LogP contribution in [-0.2, 0) is 11.3 Å². The number of benzene rings is 1. The van der Waals surface area contributed by atoms with Crippen LogP contribution in [0.2, 0.25) is 0 Å². The molecule has 1 saturated heterocycles. The Morgan fingerprint density at radius 1 is 1.58 bits per heavy atom. The quantitative estimate of drug-likeness (QED) is 0.324. The number of halogens is 1. The topological polar surface area (TPSA) is 79.9 Å². The molecule has 1 aliphatic heterocycles. The minimum atomic E-state index is -0.413. The van der Waals surface area contributed by atoms with E-state index in [1.165, 1.54) is 12.1 Å². The Balaban J connectivity index is 1.98. The van der Waals surface area contributed by atoms with E-state index >= 15 is 0 Å². The lowest BCUT2D eigenvalue weighted by Crippen LogP contribution is -2.27. The zero-order valence-corrected chi connectivity index (χ0v) is 10.6. The van der Waals surface area contributed by atoms with Gasteiger partial charge >= 0.3 is 0 Å². The Bertz CT molecular complexity index is 459. The molecule has 0 bridgehead atoms. The number of rotatable bonds is 5. The van der Waals surface area contributed by atoms with Gasteiger partial charge in [-0.25, -0.2) is 4.39 Å². The van der Waals surface area contributed by atoms with Crippen molar-refractivity contribution in [3.63, 3.8) is 0 Å². The molecule has 1 atom stereocenters. The molecule has 0 aromatic heterocycles. The van der Waals surface area contributed by atoms with Gasteiger partial charge < -0.3 is 21.0 Å². The van der Waals surface area contributed by atoms with Crippen molar-refractivity contribution in [2.24, 2.45) is 10.9 Å². The fraction of sp³-hybridized carbons (Fsp3) is 0.462. The Morgan fingerprint density at radius 3 is 3.11 bits per heavy atom. The van der Waals surface area contributed by atoms with Gasteiger partial charge in [0.1, 0.15) is 5.82 Å². The number of ether oxygens (including phenoxy) is 1. The van der Waals surface area contributed by atoms with Crippen molar-refractivity contribution in [2.75, 3.05) is 13.2 Å². The van der Waals surface area contributed by atoms with Crippen LogP contribution in [0, 0.1) is 5.82 Å². The van der Waals surface area contributed by atoms with Crippen molar-refractivity contribution in [3.05, 3.63) is 35.1 Å². The predicted molar refractivity (Wildman–Crippen MR) is 69.6 cm³/mol. The van der Waals surface area contributed by atoms with E-state index < -0.39 is 5.82 Å². The number of hydrogen-bond donors (Lipinski definition) is 3. The Kier molecular flexibility index (Phi) is 4.70. The molecule has 5 nitrogen and oxygen atoms in total. The van der Waals surface area contributed by atoms with Gasteiger partial charge in [0.05, 0.1) is 6.10 Å². The van der Waals surface area contributed by atoms with Crippen LogP contribution in [0.4, 0.5) is 4.39 Å². The first-order valence-electron chi connectivity index (χ1n) is 6.29. The summed E-state index contributed by atoms with van der Waals surface area (Å²) in [5.74, 6) is -0.502. The molecule has 1 aromatic carbocycles. The maximum Gasteiger partial charge on any atom is 0.170 e. The Labute approximate surface area is 111 Å². The van der Waals surface area contributed by atoms with E-state index in [4.69, 9.17) is 15.7 Å². The summed E-state index contributed by atoms with van der Waals surface area (Å²) in [5.41, 5.74) is 6.73. The van der Waals surface area contributed by atoms with Gasteiger partial charge in [0.15, 0.2) is 5.84 Å². The third-order valence-electron chi connectivity index (χ3n) is 3.17. The van der Waals surface area contributed by atoms with Gasteiger partial charge in [0.25, 0.3) is 0 Å². The molecule has 1 aromatic rings. The van der Waals surface area contributed by atoms with Crippen LogP contribution in [0.1, 0.15) is 24.0 Å². The minimum absolute atomic E-state index is 0.0894. The highest BCUT2D eigenvalue weighted by Crippen LogP contribution is 2.13. The van der Waals surface area contributed by atoms with E-state index in [-0.39, 0.29) is 11.9 Å². The normalized spacial score (nSPS) is 19.8. The number of amidine groups is 1. The molecule has 0 radical (unpaired) electrons. The molecule has 1 heterocycles. The standard InChI is InChI=1S/C13H18FN3O2/c14-10-4-3-9(12(6-10)13(15)17-18)7-16-8-11-2-1-5-19-11/h3-4,6,11,16,18H,1-2,5,7-8H2,(H2,15,17). The summed E-state index contributed by atoms with van der Waals surface area (Å²) in [6.45, 7) is 2.08. The van der Waals surface area contributed by atoms with Crippen LogP contribution in [-0.4, -0.2) is 30.3 Å². The molecule has 0 saturated carbocycles. The average Bonchev–Trinajstić information content (AvgIpc) is 2.92. The number of hydrogen-bond acceptors (Lipinski definition) is 4. The van der Waals surface area contributed by atoms with Crippen LogP contribution < -0.4 is 11.1 Å². The van der Waals surface area contributed by atoms with E-state index in [0.717, 1.165) is 31.6 Å². The molecule has 104 valence electrons. The van der Waals surface area contributed by atoms with E-state index in [1.54, 1.807) is 6.07 Å². The lowest BCUT2D eigenvalue weighted by Gasteiger charge is -2.13. The number of nitrogens with two attached hydrogens (primary N) is 1. The first kappa shape index (κ1) is 13.8. The molecule has 1 aliphatic rings. The molecule has 1 fully saturated rings. The third-order valence-corrected chi connectivity index (χ3v) is 3.17. The SMILES string of the molecule is NC(=NO)c1cc(F)ccc1CNCC1CCCO1. The minimum Gasteiger partial charge on any atom is -0.409 e. The van der Waals surface area contributed by atoms with Crippen molar-refractivity contribution in [3.8, 4) is 0 Å². The largest absolute Gasteiger partial charge is 0.409 e. The highest BCUT2D eigenvalue weighted by molar-refractivity contribution is 5.98. The molecular formula is C13H18FN3O2. The maximum absolute atomic E-state index is 13.2. The molecule has 6 heteroatoms. The second-order valence-corrected chi connectivity index (χ2v) is 4.55. The monoisotopic (exact) mass is 267 g/mol. The average molecular weight is 267 g/mol. The van der Waals surface area contributed by atoms with E-state index in [1.807, 2.05) is 0 Å². The smallest absolute Gasteiger partial charge is 0.170 e. The number of oxime groups is 1. The van der Waals surface area contributed by atoms with Crippen molar-refractivity contribution in [2.45, 2.75) is 25.5 Å². The summed E-state index contributed by atoms with van der Waals surface area (Å²) in [7, 11) is 0. The predicted octanol–water partition coefficient (Wildman–Crippen LogP) is 1.19. The summed E-state index contributed by atoms with van der Waals surface area (Å²) < 4.78 is 18.7. The highest BCUT2D eigenvalue weighted by Gasteiger charge is 2.15. The fourth-order valence-electron chi connectivity index (χ4n) is 2.17. The number of nitrogens with zero attached hydrogens (tertiary/aromatic N) is 1. The summed E-state index contributed by atoms with van der Waals surface area (Å²) >= 11 is 0. The molecular weight excluding hydrogens is 249 g/mol. The van der Waals surface area contributed by atoms with Crippen molar-refractivity contribution in [1.29, 1.82) is 0 Å². The zero-order chi connectivity index (χ0) is 13.7. The van der Waals surface area contributed by atoms with Gasteiger partial charge in [-0.1, -0.05) is 11.2 Å². The second kappa shape index (κ2) is 6.49. The second-order valence-electron chi connectivity index (χ2n) is 4.55. The lowest BCUT2D eigenvalue weighted by atomic mass is 10.1. The first-order chi connectivity index (χ1) is 9.20. The lowest BCUT2D eigenvalue weighted by molar-refractivity contribution is 0.110. The molecule has 0 amide bonds. The summed E-state index contributed by atoms with van der Waals surface area (Å²) in [4.78, 5) is 0. The van der Waals surface area contributed by atoms with Gasteiger partial charge in [0.2, 0.25) is 0 Å². The Morgan fingerprint density at radius 2 is 2.42 bits per heavy atom. The zero-order valence-electron chi connectivity index (χ0n) is 10.6. The molecule has 2 rings (SSSR count). The summed E-state index contributed by atoms with van der Waals surface area (Å²) in [5, 5.41) is 14.9.